The molecule has 0 aromatic heterocycles. The van der Waals surface area contributed by atoms with Gasteiger partial charge in [0.15, 0.2) is 0 Å². The molecule has 0 spiro atoms. The van der Waals surface area contributed by atoms with Crippen molar-refractivity contribution in [3.8, 4) is 0 Å². The normalized spacial score (nSPS) is 15.7. The lowest BCUT2D eigenvalue weighted by molar-refractivity contribution is -0.437. The van der Waals surface area contributed by atoms with E-state index in [0.29, 0.717) is 57.7 Å². The van der Waals surface area contributed by atoms with E-state index in [2.05, 4.69) is 0 Å². The van der Waals surface area contributed by atoms with Gasteiger partial charge in [0.1, 0.15) is 8.07 Å². The minimum atomic E-state index is -8.30. The minimum Gasteiger partial charge on any atom is -0.205 e. The summed E-state index contributed by atoms with van der Waals surface area (Å²) in [4.78, 5) is 0. The first-order valence-electron chi connectivity index (χ1n) is 12.9. The molecule has 0 amide bonds. The van der Waals surface area contributed by atoms with E-state index in [9.17, 15) is 74.6 Å². The van der Waals surface area contributed by atoms with Crippen LogP contribution in [0.1, 0.15) is 64.2 Å². The smallest absolute Gasteiger partial charge is 0.205 e. The molecular weight excluding hydrogens is 750 g/mol. The molecule has 0 rings (SSSR count). The molecule has 0 saturated heterocycles. The number of halogens is 20. The highest BCUT2D eigenvalue weighted by atomic mass is 35.8. The Morgan fingerprint density at radius 1 is 0.409 bits per heavy atom. The van der Waals surface area contributed by atoms with E-state index in [1.807, 2.05) is 0 Å². The molecule has 266 valence electrons. The summed E-state index contributed by atoms with van der Waals surface area (Å²) in [5.41, 5.74) is -6.19. The molecule has 0 aromatic rings. The molecule has 0 fully saturated rings. The van der Waals surface area contributed by atoms with E-state index in [4.69, 9.17) is 33.2 Å². The summed E-state index contributed by atoms with van der Waals surface area (Å²) in [6.45, 7) is 0.641. The lowest BCUT2D eigenvalue weighted by Crippen LogP contribution is -2.75. The van der Waals surface area contributed by atoms with Crippen molar-refractivity contribution in [2.45, 2.75) is 137 Å². The molecule has 0 bridgehead atoms. The fourth-order valence-electron chi connectivity index (χ4n) is 4.01. The molecule has 0 aliphatic rings. The Bertz CT molecular complexity index is 903. The van der Waals surface area contributed by atoms with Gasteiger partial charge in [0, 0.05) is 12.8 Å². The fraction of sp³-hybridized carbons (Fsp3) is 1.00. The average molecular weight is 780 g/mol. The van der Waals surface area contributed by atoms with E-state index in [1.165, 1.54) is 0 Å². The van der Waals surface area contributed by atoms with Crippen LogP contribution in [-0.2, 0) is 0 Å². The topological polar surface area (TPSA) is 0 Å². The summed E-state index contributed by atoms with van der Waals surface area (Å²) < 4.78 is 234. The molecule has 22 heteroatoms. The summed E-state index contributed by atoms with van der Waals surface area (Å²) >= 11 is 17.2. The van der Waals surface area contributed by atoms with Gasteiger partial charge in [-0.25, -0.2) is 8.78 Å². The van der Waals surface area contributed by atoms with Crippen LogP contribution in [-0.4, -0.2) is 61.3 Å². The number of unbranched alkanes of at least 4 members (excludes halogenated alkanes) is 7. The van der Waals surface area contributed by atoms with Gasteiger partial charge in [-0.2, -0.15) is 65.9 Å². The summed E-state index contributed by atoms with van der Waals surface area (Å²) in [7, 11) is -5.17. The summed E-state index contributed by atoms with van der Waals surface area (Å²) in [6, 6.07) is -3.29. The van der Waals surface area contributed by atoms with Crippen LogP contribution in [0.3, 0.4) is 0 Å². The highest BCUT2D eigenvalue weighted by Gasteiger charge is 2.93. The minimum absolute atomic E-state index is 0.0724. The summed E-state index contributed by atoms with van der Waals surface area (Å²) in [5.74, 6) is -46.7. The number of rotatable bonds is 20. The highest BCUT2D eigenvalue weighted by Crippen LogP contribution is 2.64. The van der Waals surface area contributed by atoms with Crippen molar-refractivity contribution in [2.75, 3.05) is 0 Å². The van der Waals surface area contributed by atoms with Gasteiger partial charge in [0.2, 0.25) is 0 Å². The van der Waals surface area contributed by atoms with Crippen LogP contribution in [0.4, 0.5) is 74.6 Å². The summed E-state index contributed by atoms with van der Waals surface area (Å²) in [6.07, 6.45) is -8.82. The second-order valence-electron chi connectivity index (χ2n) is 11.1. The van der Waals surface area contributed by atoms with Gasteiger partial charge >= 0.3 is 47.7 Å². The Hall–Kier alpha value is 0.114. The molecule has 0 radical (unpaired) electrons. The molecule has 0 saturated carbocycles. The van der Waals surface area contributed by atoms with Crippen LogP contribution in [0.25, 0.3) is 0 Å². The molecule has 0 unspecified atom stereocenters. The van der Waals surface area contributed by atoms with Gasteiger partial charge in [0.25, 0.3) is 5.55 Å². The highest BCUT2D eigenvalue weighted by molar-refractivity contribution is 7.64. The van der Waals surface area contributed by atoms with Gasteiger partial charge in [-0.15, -0.1) is 33.2 Å². The van der Waals surface area contributed by atoms with Gasteiger partial charge in [-0.3, -0.25) is 0 Å². The zero-order valence-electron chi connectivity index (χ0n) is 23.0. The maximum atomic E-state index is 14.8. The molecule has 44 heavy (non-hydrogen) atoms. The quantitative estimate of drug-likeness (QED) is 0.0500. The van der Waals surface area contributed by atoms with Crippen LogP contribution < -0.4 is 0 Å². The zero-order chi connectivity index (χ0) is 35.5. The van der Waals surface area contributed by atoms with E-state index in [-0.39, 0.29) is 12.8 Å². The first-order chi connectivity index (χ1) is 19.2. The molecule has 0 aliphatic heterocycles. The Kier molecular flexibility index (Phi) is 14.7. The Labute approximate surface area is 258 Å². The molecule has 0 heterocycles. The molecule has 0 nitrogen and oxygen atoms in total. The molecule has 0 atom stereocenters. The largest absolute Gasteiger partial charge is 0.389 e. The lowest BCUT2D eigenvalue weighted by Gasteiger charge is -2.45. The van der Waals surface area contributed by atoms with E-state index in [1.54, 1.807) is 0 Å². The standard InChI is InChI=1S/C22H30Cl3F17Si2/c1-43(2,13-9-7-5-3-4-6-8-10-14-44(23,24)25)22(41,42)21(39,40)20(37,38)19(35,36)18(33,34)17(31,32)15(26,27)11-12-16(28,29)30/h3-14H2,1-2H3. The van der Waals surface area contributed by atoms with E-state index < -0.39 is 80.2 Å². The number of hydrogen-bond donors (Lipinski definition) is 0. The van der Waals surface area contributed by atoms with Gasteiger partial charge in [-0.1, -0.05) is 70.5 Å². The number of alkyl halides is 17. The monoisotopic (exact) mass is 778 g/mol. The maximum Gasteiger partial charge on any atom is 0.389 e. The predicted octanol–water partition coefficient (Wildman–Crippen LogP) is 12.8. The van der Waals surface area contributed by atoms with Gasteiger partial charge in [0.05, 0.1) is 0 Å². The second-order valence-corrected chi connectivity index (χ2v) is 25.3. The van der Waals surface area contributed by atoms with Gasteiger partial charge in [-0.05, 0) is 6.04 Å². The first kappa shape index (κ1) is 44.1. The van der Waals surface area contributed by atoms with Crippen LogP contribution in [0.2, 0.25) is 25.2 Å². The molecule has 0 aliphatic carbocycles. The van der Waals surface area contributed by atoms with Crippen molar-refractivity contribution in [1.82, 2.24) is 0 Å². The van der Waals surface area contributed by atoms with E-state index in [0.717, 1.165) is 0 Å². The predicted molar refractivity (Wildman–Crippen MR) is 137 cm³/mol. The lowest BCUT2D eigenvalue weighted by atomic mass is 9.90. The summed E-state index contributed by atoms with van der Waals surface area (Å²) in [5, 5.41) is 0. The maximum absolute atomic E-state index is 14.8. The van der Waals surface area contributed by atoms with Crippen LogP contribution in [0.15, 0.2) is 0 Å². The average Bonchev–Trinajstić information content (AvgIpc) is 2.82. The second kappa shape index (κ2) is 14.7. The van der Waals surface area contributed by atoms with Gasteiger partial charge < -0.3 is 0 Å². The first-order valence-corrected chi connectivity index (χ1v) is 21.4. The molecule has 0 aromatic carbocycles. The van der Waals surface area contributed by atoms with Crippen LogP contribution in [0, 0.1) is 0 Å². The van der Waals surface area contributed by atoms with Crippen molar-refractivity contribution in [3.63, 3.8) is 0 Å². The third kappa shape index (κ3) is 9.83. The SMILES string of the molecule is C[Si](C)(CCCCCCCCCC[Si](Cl)(Cl)Cl)C(F)(F)C(F)(F)C(F)(F)C(F)(F)C(F)(F)C(F)(F)C(F)(F)CCC(F)(F)F. The number of hydrogen-bond acceptors (Lipinski definition) is 0. The van der Waals surface area contributed by atoms with Crippen LogP contribution >= 0.6 is 33.2 Å². The zero-order valence-corrected chi connectivity index (χ0v) is 27.3. The molecular formula is C22H30Cl3F17Si2. The Morgan fingerprint density at radius 2 is 0.727 bits per heavy atom. The van der Waals surface area contributed by atoms with E-state index >= 15 is 0 Å². The third-order valence-electron chi connectivity index (χ3n) is 7.02. The van der Waals surface area contributed by atoms with Crippen molar-refractivity contribution in [3.05, 3.63) is 0 Å². The Balaban J connectivity index is 5.69. The van der Waals surface area contributed by atoms with Crippen molar-refractivity contribution in [1.29, 1.82) is 0 Å². The van der Waals surface area contributed by atoms with Crippen molar-refractivity contribution in [2.24, 2.45) is 0 Å². The van der Waals surface area contributed by atoms with Crippen LogP contribution in [0.5, 0.6) is 0 Å². The molecule has 0 N–H and O–H groups in total. The van der Waals surface area contributed by atoms with Crippen molar-refractivity contribution < 1.29 is 74.6 Å². The van der Waals surface area contributed by atoms with Crippen molar-refractivity contribution >= 4 is 47.3 Å². The fourth-order valence-corrected chi connectivity index (χ4v) is 8.32. The third-order valence-corrected chi connectivity index (χ3v) is 13.3. The Morgan fingerprint density at radius 3 is 1.09 bits per heavy atom.